The minimum Gasteiger partial charge on any atom is -0.465 e. The molecule has 0 aliphatic carbocycles. The van der Waals surface area contributed by atoms with Crippen LogP contribution in [0.3, 0.4) is 0 Å². The van der Waals surface area contributed by atoms with Crippen molar-refractivity contribution in [1.29, 1.82) is 0 Å². The van der Waals surface area contributed by atoms with Crippen molar-refractivity contribution in [1.82, 2.24) is 5.32 Å². The number of quaternary nitrogens is 1. The Morgan fingerprint density at radius 3 is 2.85 bits per heavy atom. The lowest BCUT2D eigenvalue weighted by atomic mass is 10.0. The number of anilines is 1. The number of amides is 1. The smallest absolute Gasteiger partial charge is 0.256 e. The summed E-state index contributed by atoms with van der Waals surface area (Å²) in [4.78, 5) is 15.6. The fourth-order valence-electron chi connectivity index (χ4n) is 3.88. The van der Waals surface area contributed by atoms with Crippen molar-refractivity contribution in [2.75, 3.05) is 11.9 Å². The molecule has 3 N–H and O–H groups in total. The topological polar surface area (TPSA) is 58.7 Å². The average molecular weight is 366 g/mol. The molecule has 0 bridgehead atoms. The van der Waals surface area contributed by atoms with E-state index < -0.39 is 0 Å². The molecular weight excluding hydrogens is 346 g/mol. The highest BCUT2D eigenvalue weighted by Gasteiger charge is 2.35. The van der Waals surface area contributed by atoms with E-state index in [0.717, 1.165) is 42.4 Å². The number of hydrogen-bond donors (Lipinski definition) is 3. The van der Waals surface area contributed by atoms with E-state index >= 15 is 0 Å². The molecule has 3 aromatic rings. The summed E-state index contributed by atoms with van der Waals surface area (Å²) in [6.45, 7) is 3.06. The van der Waals surface area contributed by atoms with Crippen LogP contribution in [0.2, 0.25) is 0 Å². The Kier molecular flexibility index (Phi) is 3.80. The first-order chi connectivity index (χ1) is 12.8. The molecule has 5 rings (SSSR count). The Labute approximate surface area is 155 Å². The predicted octanol–water partition coefficient (Wildman–Crippen LogP) is 2.34. The molecule has 2 aliphatic heterocycles. The van der Waals surface area contributed by atoms with Gasteiger partial charge in [0.05, 0.1) is 23.2 Å². The zero-order valence-corrected chi connectivity index (χ0v) is 15.1. The highest BCUT2D eigenvalue weighted by Crippen LogP contribution is 2.39. The van der Waals surface area contributed by atoms with Gasteiger partial charge in [-0.25, -0.2) is 0 Å². The molecule has 26 heavy (non-hydrogen) atoms. The number of thiophene rings is 1. The van der Waals surface area contributed by atoms with Crippen LogP contribution in [-0.4, -0.2) is 12.5 Å². The van der Waals surface area contributed by atoms with Crippen molar-refractivity contribution < 1.29 is 14.1 Å². The number of benzene rings is 1. The zero-order chi connectivity index (χ0) is 17.5. The average Bonchev–Trinajstić information content (AvgIpc) is 3.30. The highest BCUT2D eigenvalue weighted by molar-refractivity contribution is 7.16. The summed E-state index contributed by atoms with van der Waals surface area (Å²) in [5.74, 6) is 0.732. The summed E-state index contributed by atoms with van der Waals surface area (Å²) in [5.41, 5.74) is 3.43. The Morgan fingerprint density at radius 1 is 1.15 bits per heavy atom. The second-order valence-electron chi connectivity index (χ2n) is 6.86. The van der Waals surface area contributed by atoms with Crippen LogP contribution in [0, 0.1) is 0 Å². The van der Waals surface area contributed by atoms with Gasteiger partial charge in [0.25, 0.3) is 5.91 Å². The van der Waals surface area contributed by atoms with Gasteiger partial charge in [0.2, 0.25) is 0 Å². The number of carbonyl (C=O) groups excluding carboxylic acids is 1. The van der Waals surface area contributed by atoms with Crippen LogP contribution >= 0.6 is 11.3 Å². The SMILES string of the molecule is O=C1NC(c2ccco2)Nc2sc3c(c21)CC[NH+](Cc1ccccc1)C3. The lowest BCUT2D eigenvalue weighted by molar-refractivity contribution is -0.929. The van der Waals surface area contributed by atoms with Crippen molar-refractivity contribution in [3.8, 4) is 0 Å². The molecule has 2 aromatic heterocycles. The molecule has 132 valence electrons. The maximum absolute atomic E-state index is 12.7. The predicted molar refractivity (Wildman–Crippen MR) is 100 cm³/mol. The number of furan rings is 1. The second kappa shape index (κ2) is 6.30. The summed E-state index contributed by atoms with van der Waals surface area (Å²) >= 11 is 1.72. The molecule has 0 radical (unpaired) electrons. The summed E-state index contributed by atoms with van der Waals surface area (Å²) < 4.78 is 5.45. The molecule has 1 aromatic carbocycles. The molecule has 5 nitrogen and oxygen atoms in total. The number of carbonyl (C=O) groups is 1. The van der Waals surface area contributed by atoms with Gasteiger partial charge in [0, 0.05) is 12.0 Å². The first-order valence-corrected chi connectivity index (χ1v) is 9.72. The Morgan fingerprint density at radius 2 is 2.04 bits per heavy atom. The zero-order valence-electron chi connectivity index (χ0n) is 14.2. The van der Waals surface area contributed by atoms with E-state index in [1.54, 1.807) is 22.5 Å². The van der Waals surface area contributed by atoms with Crippen molar-refractivity contribution in [3.63, 3.8) is 0 Å². The lowest BCUT2D eigenvalue weighted by Gasteiger charge is -2.26. The summed E-state index contributed by atoms with van der Waals surface area (Å²) in [5, 5.41) is 7.43. The summed E-state index contributed by atoms with van der Waals surface area (Å²) in [6.07, 6.45) is 2.28. The van der Waals surface area contributed by atoms with Crippen LogP contribution < -0.4 is 15.5 Å². The van der Waals surface area contributed by atoms with Gasteiger partial charge < -0.3 is 20.0 Å². The quantitative estimate of drug-likeness (QED) is 0.667. The fourth-order valence-corrected chi connectivity index (χ4v) is 5.23. The third-order valence-electron chi connectivity index (χ3n) is 5.13. The monoisotopic (exact) mass is 366 g/mol. The van der Waals surface area contributed by atoms with Crippen molar-refractivity contribution in [3.05, 3.63) is 76.1 Å². The number of rotatable bonds is 3. The first-order valence-electron chi connectivity index (χ1n) is 8.91. The lowest BCUT2D eigenvalue weighted by Crippen LogP contribution is -3.10. The van der Waals surface area contributed by atoms with Crippen LogP contribution in [0.1, 0.15) is 38.3 Å². The summed E-state index contributed by atoms with van der Waals surface area (Å²) in [6, 6.07) is 14.3. The maximum atomic E-state index is 12.7. The molecule has 1 amide bonds. The van der Waals surface area contributed by atoms with Crippen molar-refractivity contribution in [2.24, 2.45) is 0 Å². The van der Waals surface area contributed by atoms with Crippen molar-refractivity contribution >= 4 is 22.2 Å². The minimum absolute atomic E-state index is 0.00385. The van der Waals surface area contributed by atoms with Crippen LogP contribution in [0.4, 0.5) is 5.00 Å². The minimum atomic E-state index is -0.294. The number of nitrogens with one attached hydrogen (secondary N) is 3. The fraction of sp³-hybridized carbons (Fsp3) is 0.250. The van der Waals surface area contributed by atoms with Gasteiger partial charge in [0.1, 0.15) is 23.9 Å². The molecule has 2 unspecified atom stereocenters. The van der Waals surface area contributed by atoms with Gasteiger partial charge in [-0.15, -0.1) is 11.3 Å². The molecule has 0 spiro atoms. The third-order valence-corrected chi connectivity index (χ3v) is 6.30. The van der Waals surface area contributed by atoms with E-state index in [2.05, 4.69) is 41.0 Å². The van der Waals surface area contributed by atoms with E-state index in [-0.39, 0.29) is 12.1 Å². The van der Waals surface area contributed by atoms with Gasteiger partial charge in [-0.3, -0.25) is 4.79 Å². The maximum Gasteiger partial charge on any atom is 0.256 e. The van der Waals surface area contributed by atoms with E-state index in [1.165, 1.54) is 16.0 Å². The Bertz CT molecular complexity index is 934. The summed E-state index contributed by atoms with van der Waals surface area (Å²) in [7, 11) is 0. The van der Waals surface area contributed by atoms with E-state index in [0.29, 0.717) is 0 Å². The van der Waals surface area contributed by atoms with Crippen LogP contribution in [-0.2, 0) is 19.5 Å². The molecule has 0 saturated carbocycles. The molecule has 2 aliphatic rings. The normalized spacial score (nSPS) is 21.5. The Hall–Kier alpha value is -2.57. The van der Waals surface area contributed by atoms with Gasteiger partial charge >= 0.3 is 0 Å². The second-order valence-corrected chi connectivity index (χ2v) is 7.97. The molecular formula is C20H20N3O2S+. The largest absolute Gasteiger partial charge is 0.465 e. The Balaban J connectivity index is 1.39. The van der Waals surface area contributed by atoms with Crippen molar-refractivity contribution in [2.45, 2.75) is 25.7 Å². The molecule has 2 atom stereocenters. The molecule has 6 heteroatoms. The standard InChI is InChI=1S/C20H19N3O2S/c24-19-17-14-8-9-23(11-13-5-2-1-3-6-13)12-16(14)26-20(17)22-18(21-19)15-7-4-10-25-15/h1-7,10,18,22H,8-9,11-12H2,(H,21,24)/p+1. The number of hydrogen-bond acceptors (Lipinski definition) is 4. The van der Waals surface area contributed by atoms with Gasteiger partial charge in [0.15, 0.2) is 6.17 Å². The van der Waals surface area contributed by atoms with Gasteiger partial charge in [-0.2, -0.15) is 0 Å². The molecule has 4 heterocycles. The molecule has 0 saturated heterocycles. The third kappa shape index (κ3) is 2.71. The van der Waals surface area contributed by atoms with Gasteiger partial charge in [-0.05, 0) is 17.7 Å². The first kappa shape index (κ1) is 15.7. The van der Waals surface area contributed by atoms with E-state index in [4.69, 9.17) is 4.42 Å². The van der Waals surface area contributed by atoms with Crippen LogP contribution in [0.25, 0.3) is 0 Å². The van der Waals surface area contributed by atoms with E-state index in [1.807, 2.05) is 12.1 Å². The van der Waals surface area contributed by atoms with E-state index in [9.17, 15) is 4.79 Å². The number of fused-ring (bicyclic) bond motifs is 3. The molecule has 0 fully saturated rings. The van der Waals surface area contributed by atoms with Gasteiger partial charge in [-0.1, -0.05) is 30.3 Å². The van der Waals surface area contributed by atoms with Crippen LogP contribution in [0.5, 0.6) is 0 Å². The van der Waals surface area contributed by atoms with Crippen LogP contribution in [0.15, 0.2) is 53.1 Å². The highest BCUT2D eigenvalue weighted by atomic mass is 32.1.